The lowest BCUT2D eigenvalue weighted by Gasteiger charge is -2.24. The maximum Gasteiger partial charge on any atom is 0.222 e. The van der Waals surface area contributed by atoms with Gasteiger partial charge in [0.05, 0.1) is 25.3 Å². The SMILES string of the molecule is CC(C)[C@H](NC(=O)C[C@H](C)n1cccn1)c1ccc2c(c1)OCCCO2. The zero-order valence-electron chi connectivity index (χ0n) is 15.6. The fourth-order valence-electron chi connectivity index (χ4n) is 3.14. The number of amides is 1. The van der Waals surface area contributed by atoms with Crippen molar-refractivity contribution in [3.8, 4) is 11.5 Å². The Morgan fingerprint density at radius 3 is 2.69 bits per heavy atom. The van der Waals surface area contributed by atoms with Gasteiger partial charge in [-0.2, -0.15) is 5.10 Å². The third-order valence-electron chi connectivity index (χ3n) is 4.57. The highest BCUT2D eigenvalue weighted by molar-refractivity contribution is 5.77. The molecule has 0 aliphatic carbocycles. The van der Waals surface area contributed by atoms with Gasteiger partial charge < -0.3 is 14.8 Å². The first-order valence-electron chi connectivity index (χ1n) is 9.22. The monoisotopic (exact) mass is 357 g/mol. The van der Waals surface area contributed by atoms with Crippen LogP contribution in [-0.2, 0) is 4.79 Å². The first kappa shape index (κ1) is 18.3. The summed E-state index contributed by atoms with van der Waals surface area (Å²) in [5.41, 5.74) is 1.03. The van der Waals surface area contributed by atoms with Crippen LogP contribution in [0.3, 0.4) is 0 Å². The van der Waals surface area contributed by atoms with Crippen LogP contribution in [0.2, 0.25) is 0 Å². The molecule has 1 aromatic heterocycles. The summed E-state index contributed by atoms with van der Waals surface area (Å²) in [4.78, 5) is 12.6. The Balaban J connectivity index is 1.71. The second-order valence-electron chi connectivity index (χ2n) is 7.09. The third kappa shape index (κ3) is 4.36. The molecule has 0 bridgehead atoms. The number of ether oxygens (including phenoxy) is 2. The lowest BCUT2D eigenvalue weighted by Crippen LogP contribution is -2.33. The van der Waals surface area contributed by atoms with Gasteiger partial charge in [-0.05, 0) is 36.6 Å². The van der Waals surface area contributed by atoms with E-state index in [0.29, 0.717) is 19.6 Å². The van der Waals surface area contributed by atoms with Crippen LogP contribution >= 0.6 is 0 Å². The summed E-state index contributed by atoms with van der Waals surface area (Å²) in [6, 6.07) is 7.73. The Labute approximate surface area is 154 Å². The van der Waals surface area contributed by atoms with Crippen LogP contribution in [0.5, 0.6) is 11.5 Å². The number of carbonyl (C=O) groups excluding carboxylic acids is 1. The number of aromatic nitrogens is 2. The average molecular weight is 357 g/mol. The Morgan fingerprint density at radius 2 is 2.00 bits per heavy atom. The number of rotatable bonds is 6. The van der Waals surface area contributed by atoms with Gasteiger partial charge in [0.1, 0.15) is 0 Å². The van der Waals surface area contributed by atoms with Gasteiger partial charge in [0.2, 0.25) is 5.91 Å². The number of hydrogen-bond acceptors (Lipinski definition) is 4. The van der Waals surface area contributed by atoms with E-state index in [9.17, 15) is 4.79 Å². The molecule has 2 heterocycles. The van der Waals surface area contributed by atoms with Crippen molar-refractivity contribution in [1.82, 2.24) is 15.1 Å². The highest BCUT2D eigenvalue weighted by Gasteiger charge is 2.22. The predicted octanol–water partition coefficient (Wildman–Crippen LogP) is 3.51. The summed E-state index contributed by atoms with van der Waals surface area (Å²) in [5, 5.41) is 7.38. The molecule has 0 radical (unpaired) electrons. The molecule has 1 N–H and O–H groups in total. The minimum Gasteiger partial charge on any atom is -0.490 e. The molecular formula is C20H27N3O3. The summed E-state index contributed by atoms with van der Waals surface area (Å²) < 4.78 is 13.3. The van der Waals surface area contributed by atoms with E-state index in [2.05, 4.69) is 24.3 Å². The minimum absolute atomic E-state index is 0.0128. The van der Waals surface area contributed by atoms with Crippen LogP contribution in [0.15, 0.2) is 36.7 Å². The van der Waals surface area contributed by atoms with Gasteiger partial charge in [0.25, 0.3) is 0 Å². The fraction of sp³-hybridized carbons (Fsp3) is 0.500. The van der Waals surface area contributed by atoms with Crippen LogP contribution < -0.4 is 14.8 Å². The molecular weight excluding hydrogens is 330 g/mol. The molecule has 0 fully saturated rings. The number of nitrogens with one attached hydrogen (secondary N) is 1. The molecule has 3 rings (SSSR count). The molecule has 1 amide bonds. The molecule has 0 spiro atoms. The van der Waals surface area contributed by atoms with E-state index in [-0.39, 0.29) is 23.9 Å². The maximum absolute atomic E-state index is 12.6. The summed E-state index contributed by atoms with van der Waals surface area (Å²) in [5.74, 6) is 1.79. The molecule has 1 aromatic carbocycles. The average Bonchev–Trinajstić information content (AvgIpc) is 3.05. The van der Waals surface area contributed by atoms with Crippen LogP contribution in [0, 0.1) is 5.92 Å². The number of nitrogens with zero attached hydrogens (tertiary/aromatic N) is 2. The standard InChI is InChI=1S/C20H27N3O3/c1-14(2)20(22-19(24)12-15(3)23-9-4-8-21-23)16-6-7-17-18(13-16)26-11-5-10-25-17/h4,6-9,13-15,20H,5,10-12H2,1-3H3,(H,22,24)/t15-,20-/m0/s1. The fourth-order valence-corrected chi connectivity index (χ4v) is 3.14. The molecule has 2 aromatic rings. The highest BCUT2D eigenvalue weighted by Crippen LogP contribution is 2.34. The first-order valence-corrected chi connectivity index (χ1v) is 9.22. The second kappa shape index (κ2) is 8.25. The van der Waals surface area contributed by atoms with E-state index in [1.54, 1.807) is 10.9 Å². The van der Waals surface area contributed by atoms with E-state index in [4.69, 9.17) is 9.47 Å². The van der Waals surface area contributed by atoms with Gasteiger partial charge >= 0.3 is 0 Å². The number of fused-ring (bicyclic) bond motifs is 1. The Hall–Kier alpha value is -2.50. The zero-order valence-corrected chi connectivity index (χ0v) is 15.6. The minimum atomic E-state index is -0.0792. The Kier molecular flexibility index (Phi) is 5.81. The number of carbonyl (C=O) groups is 1. The smallest absolute Gasteiger partial charge is 0.222 e. The van der Waals surface area contributed by atoms with Gasteiger partial charge in [-0.3, -0.25) is 9.48 Å². The van der Waals surface area contributed by atoms with Crippen LogP contribution in [0.1, 0.15) is 51.3 Å². The molecule has 0 unspecified atom stereocenters. The van der Waals surface area contributed by atoms with Gasteiger partial charge in [-0.1, -0.05) is 19.9 Å². The van der Waals surface area contributed by atoms with Crippen LogP contribution in [0.4, 0.5) is 0 Å². The summed E-state index contributed by atoms with van der Waals surface area (Å²) in [6.45, 7) is 7.51. The second-order valence-corrected chi connectivity index (χ2v) is 7.09. The van der Waals surface area contributed by atoms with Crippen molar-refractivity contribution in [3.05, 3.63) is 42.2 Å². The highest BCUT2D eigenvalue weighted by atomic mass is 16.5. The van der Waals surface area contributed by atoms with E-state index in [1.807, 2.05) is 37.4 Å². The molecule has 6 heteroatoms. The van der Waals surface area contributed by atoms with Crippen molar-refractivity contribution in [1.29, 1.82) is 0 Å². The van der Waals surface area contributed by atoms with Gasteiger partial charge in [0, 0.05) is 25.2 Å². The molecule has 0 saturated heterocycles. The summed E-state index contributed by atoms with van der Waals surface area (Å²) in [7, 11) is 0. The van der Waals surface area contributed by atoms with Crippen molar-refractivity contribution in [2.45, 2.75) is 45.7 Å². The molecule has 0 saturated carbocycles. The Bertz CT molecular complexity index is 728. The Morgan fingerprint density at radius 1 is 1.23 bits per heavy atom. The lowest BCUT2D eigenvalue weighted by atomic mass is 9.95. The number of hydrogen-bond donors (Lipinski definition) is 1. The molecule has 1 aliphatic rings. The van der Waals surface area contributed by atoms with Crippen LogP contribution in [0.25, 0.3) is 0 Å². The normalized spacial score (nSPS) is 16.0. The topological polar surface area (TPSA) is 65.4 Å². The van der Waals surface area contributed by atoms with Gasteiger partial charge in [-0.25, -0.2) is 0 Å². The summed E-state index contributed by atoms with van der Waals surface area (Å²) in [6.07, 6.45) is 4.86. The van der Waals surface area contributed by atoms with Crippen molar-refractivity contribution in [3.63, 3.8) is 0 Å². The number of benzene rings is 1. The molecule has 26 heavy (non-hydrogen) atoms. The van der Waals surface area contributed by atoms with Gasteiger partial charge in [0.15, 0.2) is 11.5 Å². The largest absolute Gasteiger partial charge is 0.490 e. The van der Waals surface area contributed by atoms with Crippen molar-refractivity contribution in [2.75, 3.05) is 13.2 Å². The zero-order chi connectivity index (χ0) is 18.5. The quantitative estimate of drug-likeness (QED) is 0.859. The van der Waals surface area contributed by atoms with Gasteiger partial charge in [-0.15, -0.1) is 0 Å². The van der Waals surface area contributed by atoms with E-state index >= 15 is 0 Å². The van der Waals surface area contributed by atoms with E-state index in [0.717, 1.165) is 23.5 Å². The molecule has 2 atom stereocenters. The lowest BCUT2D eigenvalue weighted by molar-refractivity contribution is -0.122. The third-order valence-corrected chi connectivity index (χ3v) is 4.57. The maximum atomic E-state index is 12.6. The molecule has 6 nitrogen and oxygen atoms in total. The van der Waals surface area contributed by atoms with Crippen LogP contribution in [-0.4, -0.2) is 28.9 Å². The molecule has 140 valence electrons. The van der Waals surface area contributed by atoms with Crippen molar-refractivity contribution in [2.24, 2.45) is 5.92 Å². The van der Waals surface area contributed by atoms with E-state index in [1.165, 1.54) is 0 Å². The summed E-state index contributed by atoms with van der Waals surface area (Å²) >= 11 is 0. The predicted molar refractivity (Wildman–Crippen MR) is 99.3 cm³/mol. The van der Waals surface area contributed by atoms with Crippen molar-refractivity contribution < 1.29 is 14.3 Å². The van der Waals surface area contributed by atoms with Crippen molar-refractivity contribution >= 4 is 5.91 Å². The van der Waals surface area contributed by atoms with E-state index < -0.39 is 0 Å². The molecule has 1 aliphatic heterocycles. The first-order chi connectivity index (χ1) is 12.5.